The smallest absolute Gasteiger partial charge is 0.261 e. The summed E-state index contributed by atoms with van der Waals surface area (Å²) in [7, 11) is -3.14. The first-order valence-electron chi connectivity index (χ1n) is 10.8. The van der Waals surface area contributed by atoms with E-state index in [1.54, 1.807) is 17.0 Å². The number of carbonyl (C=O) groups excluding carboxylic acids is 1. The Kier molecular flexibility index (Phi) is 8.06. The Morgan fingerprint density at radius 2 is 1.75 bits per heavy atom. The highest BCUT2D eigenvalue weighted by atomic mass is 35.5. The van der Waals surface area contributed by atoms with Gasteiger partial charge in [0.2, 0.25) is 0 Å². The Morgan fingerprint density at radius 3 is 2.31 bits per heavy atom. The van der Waals surface area contributed by atoms with E-state index in [-0.39, 0.29) is 30.1 Å². The van der Waals surface area contributed by atoms with Crippen molar-refractivity contribution in [2.45, 2.75) is 46.2 Å². The van der Waals surface area contributed by atoms with Gasteiger partial charge in [0.05, 0.1) is 18.1 Å². The third kappa shape index (κ3) is 6.39. The lowest BCUT2D eigenvalue weighted by Gasteiger charge is -2.28. The van der Waals surface area contributed by atoms with Crippen molar-refractivity contribution in [3.8, 4) is 11.5 Å². The van der Waals surface area contributed by atoms with E-state index in [9.17, 15) is 13.2 Å². The molecule has 0 N–H and O–H groups in total. The van der Waals surface area contributed by atoms with Crippen LogP contribution < -0.4 is 9.47 Å². The molecule has 1 saturated heterocycles. The van der Waals surface area contributed by atoms with E-state index in [4.69, 9.17) is 21.1 Å². The maximum atomic E-state index is 13.1. The molecule has 0 radical (unpaired) electrons. The van der Waals surface area contributed by atoms with E-state index >= 15 is 0 Å². The van der Waals surface area contributed by atoms with Crippen molar-refractivity contribution in [3.05, 3.63) is 58.1 Å². The van der Waals surface area contributed by atoms with Crippen LogP contribution >= 0.6 is 11.6 Å². The Labute approximate surface area is 195 Å². The summed E-state index contributed by atoms with van der Waals surface area (Å²) in [4.78, 5) is 14.7. The zero-order chi connectivity index (χ0) is 23.3. The number of nitrogens with zero attached hydrogens (tertiary/aromatic N) is 1. The van der Waals surface area contributed by atoms with Crippen molar-refractivity contribution >= 4 is 27.3 Å². The maximum Gasteiger partial charge on any atom is 0.261 e. The average Bonchev–Trinajstić information content (AvgIpc) is 3.12. The molecule has 8 heteroatoms. The van der Waals surface area contributed by atoms with Crippen molar-refractivity contribution in [1.29, 1.82) is 0 Å². The third-order valence-corrected chi connectivity index (χ3v) is 7.84. The lowest BCUT2D eigenvalue weighted by molar-refractivity contribution is -0.136. The quantitative estimate of drug-likeness (QED) is 0.535. The van der Waals surface area contributed by atoms with Crippen LogP contribution in [0, 0.1) is 13.8 Å². The van der Waals surface area contributed by atoms with Crippen LogP contribution in [0.1, 0.15) is 36.5 Å². The number of hydrogen-bond donors (Lipinski definition) is 0. The number of carbonyl (C=O) groups is 1. The fourth-order valence-corrected chi connectivity index (χ4v) is 5.61. The second kappa shape index (κ2) is 10.6. The van der Waals surface area contributed by atoms with Crippen LogP contribution in [0.5, 0.6) is 11.5 Å². The SMILES string of the molecule is CCCOc1ccc(CN(C(=O)COc2cc(C)c(Cl)c(C)c2)C2CCS(=O)(=O)C2)cc1. The zero-order valence-corrected chi connectivity index (χ0v) is 20.3. The number of rotatable bonds is 9. The van der Waals surface area contributed by atoms with E-state index < -0.39 is 9.84 Å². The molecule has 174 valence electrons. The van der Waals surface area contributed by atoms with Gasteiger partial charge in [-0.3, -0.25) is 4.79 Å². The van der Waals surface area contributed by atoms with Crippen molar-refractivity contribution < 1.29 is 22.7 Å². The molecule has 2 aromatic rings. The standard InChI is InChI=1S/C24H30ClNO5S/c1-4-10-30-21-7-5-19(6-8-21)14-26(20-9-11-32(28,29)16-20)23(27)15-31-22-12-17(2)24(25)18(3)13-22/h5-8,12-13,20H,4,9-11,14-16H2,1-3H3. The average molecular weight is 480 g/mol. The monoisotopic (exact) mass is 479 g/mol. The predicted octanol–water partition coefficient (Wildman–Crippen LogP) is 4.34. The molecule has 1 atom stereocenters. The molecular formula is C24H30ClNO5S. The molecule has 0 saturated carbocycles. The summed E-state index contributed by atoms with van der Waals surface area (Å²) in [6, 6.07) is 10.8. The Morgan fingerprint density at radius 1 is 1.09 bits per heavy atom. The van der Waals surface area contributed by atoms with Crippen molar-refractivity contribution in [2.75, 3.05) is 24.7 Å². The van der Waals surface area contributed by atoms with Crippen LogP contribution in [0.2, 0.25) is 5.02 Å². The summed E-state index contributed by atoms with van der Waals surface area (Å²) < 4.78 is 35.5. The van der Waals surface area contributed by atoms with Gasteiger partial charge in [-0.2, -0.15) is 0 Å². The zero-order valence-electron chi connectivity index (χ0n) is 18.8. The fraction of sp³-hybridized carbons (Fsp3) is 0.458. The number of benzene rings is 2. The molecule has 1 heterocycles. The van der Waals surface area contributed by atoms with E-state index in [0.29, 0.717) is 30.3 Å². The summed E-state index contributed by atoms with van der Waals surface area (Å²) in [6.07, 6.45) is 1.36. The van der Waals surface area contributed by atoms with E-state index in [1.807, 2.05) is 45.0 Å². The third-order valence-electron chi connectivity index (χ3n) is 5.49. The lowest BCUT2D eigenvalue weighted by Crippen LogP contribution is -2.43. The molecular weight excluding hydrogens is 450 g/mol. The number of sulfone groups is 1. The molecule has 6 nitrogen and oxygen atoms in total. The minimum absolute atomic E-state index is 0.0183. The van der Waals surface area contributed by atoms with E-state index in [1.165, 1.54) is 0 Å². The van der Waals surface area contributed by atoms with Gasteiger partial charge in [0.25, 0.3) is 5.91 Å². The minimum Gasteiger partial charge on any atom is -0.494 e. The second-order valence-electron chi connectivity index (χ2n) is 8.23. The summed E-state index contributed by atoms with van der Waals surface area (Å²) in [6.45, 7) is 6.60. The normalized spacial score (nSPS) is 17.2. The molecule has 1 amide bonds. The molecule has 2 aromatic carbocycles. The number of amides is 1. The highest BCUT2D eigenvalue weighted by Crippen LogP contribution is 2.26. The molecule has 1 fully saturated rings. The van der Waals surface area contributed by atoms with Crippen LogP contribution in [0.25, 0.3) is 0 Å². The maximum absolute atomic E-state index is 13.1. The first-order valence-corrected chi connectivity index (χ1v) is 13.0. The van der Waals surface area contributed by atoms with Gasteiger partial charge in [-0.25, -0.2) is 8.42 Å². The topological polar surface area (TPSA) is 72.9 Å². The molecule has 0 spiro atoms. The van der Waals surface area contributed by atoms with Gasteiger partial charge in [-0.05, 0) is 67.6 Å². The summed E-state index contributed by atoms with van der Waals surface area (Å²) in [5.41, 5.74) is 2.65. The van der Waals surface area contributed by atoms with Crippen LogP contribution in [0.4, 0.5) is 0 Å². The molecule has 1 aliphatic heterocycles. The molecule has 1 unspecified atom stereocenters. The highest BCUT2D eigenvalue weighted by Gasteiger charge is 2.34. The van der Waals surface area contributed by atoms with Gasteiger partial charge in [0, 0.05) is 17.6 Å². The largest absolute Gasteiger partial charge is 0.494 e. The summed E-state index contributed by atoms with van der Waals surface area (Å²) in [5.74, 6) is 1.17. The Balaban J connectivity index is 1.73. The van der Waals surface area contributed by atoms with Crippen molar-refractivity contribution in [3.63, 3.8) is 0 Å². The lowest BCUT2D eigenvalue weighted by atomic mass is 10.1. The number of halogens is 1. The van der Waals surface area contributed by atoms with Gasteiger partial charge < -0.3 is 14.4 Å². The van der Waals surface area contributed by atoms with Crippen molar-refractivity contribution in [1.82, 2.24) is 4.90 Å². The number of hydrogen-bond acceptors (Lipinski definition) is 5. The first kappa shape index (κ1) is 24.4. The molecule has 1 aliphatic rings. The van der Waals surface area contributed by atoms with Crippen LogP contribution in [-0.2, 0) is 21.2 Å². The number of aryl methyl sites for hydroxylation is 2. The van der Waals surface area contributed by atoms with Gasteiger partial charge in [0.1, 0.15) is 11.5 Å². The first-order chi connectivity index (χ1) is 15.2. The van der Waals surface area contributed by atoms with Crippen LogP contribution in [0.3, 0.4) is 0 Å². The molecule has 0 bridgehead atoms. The minimum atomic E-state index is -3.14. The van der Waals surface area contributed by atoms with Gasteiger partial charge >= 0.3 is 0 Å². The predicted molar refractivity (Wildman–Crippen MR) is 126 cm³/mol. The summed E-state index contributed by atoms with van der Waals surface area (Å²) in [5, 5.41) is 0.674. The molecule has 0 aliphatic carbocycles. The summed E-state index contributed by atoms with van der Waals surface area (Å²) >= 11 is 6.21. The highest BCUT2D eigenvalue weighted by molar-refractivity contribution is 7.91. The van der Waals surface area contributed by atoms with Gasteiger partial charge in [-0.15, -0.1) is 0 Å². The van der Waals surface area contributed by atoms with Crippen LogP contribution in [0.15, 0.2) is 36.4 Å². The van der Waals surface area contributed by atoms with Gasteiger partial charge in [0.15, 0.2) is 16.4 Å². The molecule has 32 heavy (non-hydrogen) atoms. The van der Waals surface area contributed by atoms with Gasteiger partial charge in [-0.1, -0.05) is 30.7 Å². The molecule has 0 aromatic heterocycles. The Hall–Kier alpha value is -2.25. The Bertz CT molecular complexity index is 1030. The van der Waals surface area contributed by atoms with Crippen molar-refractivity contribution in [2.24, 2.45) is 0 Å². The fourth-order valence-electron chi connectivity index (χ4n) is 3.77. The van der Waals surface area contributed by atoms with E-state index in [0.717, 1.165) is 28.9 Å². The molecule has 3 rings (SSSR count). The van der Waals surface area contributed by atoms with Crippen LogP contribution in [-0.4, -0.2) is 50.0 Å². The van der Waals surface area contributed by atoms with E-state index in [2.05, 4.69) is 0 Å². The second-order valence-corrected chi connectivity index (χ2v) is 10.8. The number of ether oxygens (including phenoxy) is 2.